The Hall–Kier alpha value is -1.30. The van der Waals surface area contributed by atoms with E-state index in [1.54, 1.807) is 0 Å². The van der Waals surface area contributed by atoms with Gasteiger partial charge in [0.2, 0.25) is 0 Å². The molecule has 0 unspecified atom stereocenters. The molecule has 6 heteroatoms. The van der Waals surface area contributed by atoms with E-state index in [9.17, 15) is 13.2 Å². The molecule has 3 heterocycles. The van der Waals surface area contributed by atoms with E-state index in [0.717, 1.165) is 44.1 Å². The van der Waals surface area contributed by atoms with Gasteiger partial charge in [-0.15, -0.1) is 0 Å². The lowest BCUT2D eigenvalue weighted by Gasteiger charge is -2.53. The number of nitrogens with zero attached hydrogens (tertiary/aromatic N) is 1. The topological polar surface area (TPSA) is 37.0 Å². The fourth-order valence-electron chi connectivity index (χ4n) is 3.07. The maximum absolute atomic E-state index is 12.4. The van der Waals surface area contributed by atoms with Gasteiger partial charge in [-0.3, -0.25) is 0 Å². The summed E-state index contributed by atoms with van der Waals surface area (Å²) in [6.07, 6.45) is 0.0930. The first kappa shape index (κ1) is 12.7. The molecule has 0 atom stereocenters. The Labute approximate surface area is 109 Å². The second-order valence-electron chi connectivity index (χ2n) is 5.55. The summed E-state index contributed by atoms with van der Waals surface area (Å²) in [5, 5.41) is 6.63. The van der Waals surface area contributed by atoms with Gasteiger partial charge in [0.15, 0.2) is 0 Å². The minimum Gasteiger partial charge on any atom is -0.368 e. The van der Waals surface area contributed by atoms with E-state index in [2.05, 4.69) is 15.6 Å². The van der Waals surface area contributed by atoms with Gasteiger partial charge in [-0.05, 0) is 43.9 Å². The molecule has 3 nitrogen and oxygen atoms in total. The van der Waals surface area contributed by atoms with Crippen LogP contribution in [0.15, 0.2) is 18.3 Å². The van der Waals surface area contributed by atoms with E-state index in [1.807, 2.05) is 0 Å². The molecule has 19 heavy (non-hydrogen) atoms. The standard InChI is InChI=1S/C13H16F3N3/c14-13(15,16)10-1-2-11(17-7-10)18-8-12-5-9(6-12)3-4-19-12/h1-2,7,9,19H,3-6,8H2,(H,17,18). The average molecular weight is 271 g/mol. The van der Waals surface area contributed by atoms with Crippen molar-refractivity contribution in [3.05, 3.63) is 23.9 Å². The van der Waals surface area contributed by atoms with E-state index < -0.39 is 11.7 Å². The number of nitrogens with one attached hydrogen (secondary N) is 2. The number of fused-ring (bicyclic) bond motifs is 2. The Kier molecular flexibility index (Phi) is 2.92. The predicted octanol–water partition coefficient (Wildman–Crippen LogP) is 2.65. The smallest absolute Gasteiger partial charge is 0.368 e. The van der Waals surface area contributed by atoms with Gasteiger partial charge in [-0.2, -0.15) is 13.2 Å². The van der Waals surface area contributed by atoms with E-state index >= 15 is 0 Å². The first-order valence-electron chi connectivity index (χ1n) is 6.49. The number of hydrogen-bond donors (Lipinski definition) is 2. The Bertz CT molecular complexity index is 444. The van der Waals surface area contributed by atoms with Crippen LogP contribution in [0.25, 0.3) is 0 Å². The van der Waals surface area contributed by atoms with Crippen LogP contribution < -0.4 is 10.6 Å². The monoisotopic (exact) mass is 271 g/mol. The SMILES string of the molecule is FC(F)(F)c1ccc(NCC23CC(CCN2)C3)nc1. The van der Waals surface area contributed by atoms with Gasteiger partial charge in [0.25, 0.3) is 0 Å². The molecule has 4 rings (SSSR count). The number of rotatable bonds is 3. The van der Waals surface area contributed by atoms with Crippen molar-refractivity contribution < 1.29 is 13.2 Å². The van der Waals surface area contributed by atoms with Crippen molar-refractivity contribution in [3.63, 3.8) is 0 Å². The molecule has 3 fully saturated rings. The molecule has 1 saturated carbocycles. The lowest BCUT2D eigenvalue weighted by atomic mass is 9.64. The van der Waals surface area contributed by atoms with Crippen molar-refractivity contribution in [3.8, 4) is 0 Å². The minimum absolute atomic E-state index is 0.132. The van der Waals surface area contributed by atoms with E-state index in [-0.39, 0.29) is 5.54 Å². The molecule has 1 aromatic rings. The number of anilines is 1. The first-order chi connectivity index (χ1) is 8.97. The van der Waals surface area contributed by atoms with Gasteiger partial charge >= 0.3 is 6.18 Å². The highest BCUT2D eigenvalue weighted by Gasteiger charge is 2.46. The molecule has 2 saturated heterocycles. The van der Waals surface area contributed by atoms with Crippen LogP contribution in [0.2, 0.25) is 0 Å². The van der Waals surface area contributed by atoms with Crippen LogP contribution in [0, 0.1) is 5.92 Å². The molecule has 0 radical (unpaired) electrons. The van der Waals surface area contributed by atoms with Gasteiger partial charge in [0.05, 0.1) is 5.56 Å². The molecule has 2 aliphatic heterocycles. The fourth-order valence-corrected chi connectivity index (χ4v) is 3.07. The summed E-state index contributed by atoms with van der Waals surface area (Å²) in [6.45, 7) is 1.76. The maximum Gasteiger partial charge on any atom is 0.417 e. The number of halogens is 3. The van der Waals surface area contributed by atoms with Gasteiger partial charge in [-0.1, -0.05) is 0 Å². The third-order valence-electron chi connectivity index (χ3n) is 4.11. The van der Waals surface area contributed by atoms with Gasteiger partial charge < -0.3 is 10.6 Å². The summed E-state index contributed by atoms with van der Waals surface area (Å²) in [4.78, 5) is 3.82. The molecule has 2 bridgehead atoms. The zero-order valence-electron chi connectivity index (χ0n) is 10.4. The molecule has 1 aliphatic carbocycles. The molecule has 0 aromatic carbocycles. The van der Waals surface area contributed by atoms with Gasteiger partial charge in [-0.25, -0.2) is 4.98 Å². The van der Waals surface area contributed by atoms with Gasteiger partial charge in [0.1, 0.15) is 5.82 Å². The van der Waals surface area contributed by atoms with Crippen LogP contribution in [0.1, 0.15) is 24.8 Å². The van der Waals surface area contributed by atoms with Crippen molar-refractivity contribution in [2.24, 2.45) is 5.92 Å². The highest BCUT2D eigenvalue weighted by molar-refractivity contribution is 5.37. The summed E-state index contributed by atoms with van der Waals surface area (Å²) in [7, 11) is 0. The molecule has 2 N–H and O–H groups in total. The first-order valence-corrected chi connectivity index (χ1v) is 6.49. The lowest BCUT2D eigenvalue weighted by molar-refractivity contribution is -0.137. The molecule has 104 valence electrons. The van der Waals surface area contributed by atoms with Crippen molar-refractivity contribution in [1.29, 1.82) is 0 Å². The second-order valence-corrected chi connectivity index (χ2v) is 5.55. The Morgan fingerprint density at radius 3 is 2.68 bits per heavy atom. The molecule has 1 aromatic heterocycles. The predicted molar refractivity (Wildman–Crippen MR) is 65.8 cm³/mol. The highest BCUT2D eigenvalue weighted by atomic mass is 19.4. The van der Waals surface area contributed by atoms with Crippen molar-refractivity contribution in [2.75, 3.05) is 18.4 Å². The van der Waals surface area contributed by atoms with Gasteiger partial charge in [0, 0.05) is 18.3 Å². The zero-order valence-corrected chi connectivity index (χ0v) is 10.4. The second kappa shape index (κ2) is 4.37. The quantitative estimate of drug-likeness (QED) is 0.887. The summed E-state index contributed by atoms with van der Waals surface area (Å²) in [5.41, 5.74) is -0.580. The number of hydrogen-bond acceptors (Lipinski definition) is 3. The number of piperidine rings is 2. The maximum atomic E-state index is 12.4. The number of pyridine rings is 1. The van der Waals surface area contributed by atoms with E-state index in [1.165, 1.54) is 12.5 Å². The largest absolute Gasteiger partial charge is 0.417 e. The van der Waals surface area contributed by atoms with E-state index in [0.29, 0.717) is 5.82 Å². The van der Waals surface area contributed by atoms with Crippen LogP contribution in [-0.4, -0.2) is 23.6 Å². The van der Waals surface area contributed by atoms with Crippen LogP contribution in [0.3, 0.4) is 0 Å². The third kappa shape index (κ3) is 2.54. The fraction of sp³-hybridized carbons (Fsp3) is 0.615. The van der Waals surface area contributed by atoms with Crippen molar-refractivity contribution in [2.45, 2.75) is 31.0 Å². The molecule has 0 spiro atoms. The zero-order chi connectivity index (χ0) is 13.5. The molecular formula is C13H16F3N3. The summed E-state index contributed by atoms with van der Waals surface area (Å²) in [5.74, 6) is 1.32. The number of aromatic nitrogens is 1. The molecule has 0 amide bonds. The lowest BCUT2D eigenvalue weighted by Crippen LogP contribution is -2.63. The summed E-state index contributed by atoms with van der Waals surface area (Å²) in [6, 6.07) is 2.45. The molecular weight excluding hydrogens is 255 g/mol. The van der Waals surface area contributed by atoms with E-state index in [4.69, 9.17) is 0 Å². The van der Waals surface area contributed by atoms with Crippen molar-refractivity contribution >= 4 is 5.82 Å². The minimum atomic E-state index is -4.32. The molecule has 3 aliphatic rings. The normalized spacial score (nSPS) is 29.7. The Morgan fingerprint density at radius 2 is 2.16 bits per heavy atom. The highest BCUT2D eigenvalue weighted by Crippen LogP contribution is 2.43. The third-order valence-corrected chi connectivity index (χ3v) is 4.11. The number of alkyl halides is 3. The summed E-state index contributed by atoms with van der Waals surface area (Å²) < 4.78 is 37.2. The Balaban J connectivity index is 1.59. The average Bonchev–Trinajstić information content (AvgIpc) is 2.36. The van der Waals surface area contributed by atoms with Crippen molar-refractivity contribution in [1.82, 2.24) is 10.3 Å². The summed E-state index contributed by atoms with van der Waals surface area (Å²) >= 11 is 0. The van der Waals surface area contributed by atoms with Crippen LogP contribution in [0.4, 0.5) is 19.0 Å². The van der Waals surface area contributed by atoms with Crippen LogP contribution in [-0.2, 0) is 6.18 Å². The van der Waals surface area contributed by atoms with Crippen LogP contribution >= 0.6 is 0 Å². The van der Waals surface area contributed by atoms with Crippen LogP contribution in [0.5, 0.6) is 0 Å². The Morgan fingerprint density at radius 1 is 1.37 bits per heavy atom.